The molecule has 14 heteroatoms. The SMILES string of the molecule is COc1cc(C(=O)Nc2cccc(-c3cccc(-c4nc5cc(CN[C@@H]6CCOC[C@H]6O)cc(C#N)c5o4)c3C)c2Cl)ncc1CN1CCC[C@H]1C(=O)O. The van der Waals surface area contributed by atoms with Gasteiger partial charge in [-0.2, -0.15) is 5.26 Å². The zero-order valence-electron chi connectivity index (χ0n) is 29.8. The summed E-state index contributed by atoms with van der Waals surface area (Å²) in [5, 5.41) is 36.4. The monoisotopic (exact) mass is 750 g/mol. The second-order valence-electron chi connectivity index (χ2n) is 13.5. The number of pyridine rings is 1. The zero-order valence-corrected chi connectivity index (χ0v) is 30.5. The number of aliphatic hydroxyl groups excluding tert-OH is 1. The number of halogens is 1. The van der Waals surface area contributed by atoms with Crippen molar-refractivity contribution in [1.29, 1.82) is 5.26 Å². The number of nitrogens with one attached hydrogen (secondary N) is 2. The number of ether oxygens (including phenoxy) is 2. The first-order valence-corrected chi connectivity index (χ1v) is 18.1. The molecule has 0 aliphatic carbocycles. The summed E-state index contributed by atoms with van der Waals surface area (Å²) in [4.78, 5) is 36.1. The van der Waals surface area contributed by atoms with Gasteiger partial charge in [-0.25, -0.2) is 4.98 Å². The van der Waals surface area contributed by atoms with Crippen LogP contribution in [0.15, 0.2) is 65.2 Å². The number of carbonyl (C=O) groups excluding carboxylic acids is 1. The quantitative estimate of drug-likeness (QED) is 0.125. The van der Waals surface area contributed by atoms with Crippen molar-refractivity contribution in [3.63, 3.8) is 0 Å². The lowest BCUT2D eigenvalue weighted by Gasteiger charge is -2.28. The van der Waals surface area contributed by atoms with Crippen LogP contribution in [-0.2, 0) is 22.6 Å². The van der Waals surface area contributed by atoms with Crippen molar-refractivity contribution in [1.82, 2.24) is 20.2 Å². The van der Waals surface area contributed by atoms with Crippen molar-refractivity contribution < 1.29 is 33.7 Å². The smallest absolute Gasteiger partial charge is 0.320 e. The van der Waals surface area contributed by atoms with Gasteiger partial charge < -0.3 is 34.7 Å². The summed E-state index contributed by atoms with van der Waals surface area (Å²) >= 11 is 6.96. The summed E-state index contributed by atoms with van der Waals surface area (Å²) in [5.74, 6) is -0.573. The van der Waals surface area contributed by atoms with Crippen LogP contribution in [0.3, 0.4) is 0 Å². The number of aliphatic carboxylic acids is 1. The van der Waals surface area contributed by atoms with Crippen molar-refractivity contribution in [2.75, 3.05) is 32.2 Å². The van der Waals surface area contributed by atoms with Gasteiger partial charge in [0.05, 0.1) is 36.1 Å². The second-order valence-corrected chi connectivity index (χ2v) is 13.9. The van der Waals surface area contributed by atoms with E-state index in [1.807, 2.05) is 42.2 Å². The average Bonchev–Trinajstić information content (AvgIpc) is 3.83. The lowest BCUT2D eigenvalue weighted by Crippen LogP contribution is -2.46. The summed E-state index contributed by atoms with van der Waals surface area (Å²) in [6, 6.07) is 17.8. The van der Waals surface area contributed by atoms with Gasteiger partial charge in [-0.1, -0.05) is 35.9 Å². The Bertz CT molecular complexity index is 2270. The van der Waals surface area contributed by atoms with Crippen LogP contribution in [-0.4, -0.2) is 82.0 Å². The van der Waals surface area contributed by atoms with E-state index in [1.54, 1.807) is 24.4 Å². The number of carboxylic acids is 1. The fourth-order valence-electron chi connectivity index (χ4n) is 7.20. The molecule has 0 bridgehead atoms. The molecule has 0 saturated carbocycles. The van der Waals surface area contributed by atoms with Gasteiger partial charge >= 0.3 is 5.97 Å². The number of amides is 1. The molecule has 2 aliphatic heterocycles. The van der Waals surface area contributed by atoms with Gasteiger partial charge in [-0.05, 0) is 73.7 Å². The third kappa shape index (κ3) is 7.52. The summed E-state index contributed by atoms with van der Waals surface area (Å²) in [7, 11) is 1.50. The Morgan fingerprint density at radius 3 is 2.70 bits per heavy atom. The summed E-state index contributed by atoms with van der Waals surface area (Å²) < 4.78 is 17.1. The molecule has 4 N–H and O–H groups in total. The van der Waals surface area contributed by atoms with E-state index in [0.29, 0.717) is 94.8 Å². The molecule has 7 rings (SSSR count). The number of aromatic nitrogens is 2. The normalized spacial score (nSPS) is 18.8. The minimum atomic E-state index is -0.858. The molecule has 1 amide bonds. The van der Waals surface area contributed by atoms with Crippen LogP contribution >= 0.6 is 11.6 Å². The highest BCUT2D eigenvalue weighted by Gasteiger charge is 2.31. The number of nitrogens with zero attached hydrogens (tertiary/aromatic N) is 4. The molecule has 2 aliphatic rings. The van der Waals surface area contributed by atoms with Crippen molar-refractivity contribution in [2.24, 2.45) is 0 Å². The molecule has 3 aromatic carbocycles. The number of fused-ring (bicyclic) bond motifs is 1. The fraction of sp³-hybridized carbons (Fsp3) is 0.325. The molecular formula is C40H39ClN6O7. The highest BCUT2D eigenvalue weighted by atomic mass is 35.5. The van der Waals surface area contributed by atoms with Crippen molar-refractivity contribution in [3.05, 3.63) is 93.8 Å². The van der Waals surface area contributed by atoms with Gasteiger partial charge in [-0.15, -0.1) is 0 Å². The zero-order chi connectivity index (χ0) is 37.9. The molecule has 2 saturated heterocycles. The number of hydrogen-bond donors (Lipinski definition) is 4. The molecule has 54 heavy (non-hydrogen) atoms. The van der Waals surface area contributed by atoms with Gasteiger partial charge in [0.1, 0.15) is 29.1 Å². The Morgan fingerprint density at radius 1 is 1.13 bits per heavy atom. The Kier molecular flexibility index (Phi) is 10.9. The summed E-state index contributed by atoms with van der Waals surface area (Å²) in [6.07, 6.45) is 3.01. The maximum Gasteiger partial charge on any atom is 0.320 e. The predicted molar refractivity (Wildman–Crippen MR) is 201 cm³/mol. The van der Waals surface area contributed by atoms with Crippen molar-refractivity contribution in [3.8, 4) is 34.4 Å². The molecule has 0 unspecified atom stereocenters. The largest absolute Gasteiger partial charge is 0.496 e. The number of anilines is 1. The number of hydrogen-bond acceptors (Lipinski definition) is 11. The molecule has 3 atom stereocenters. The van der Waals surface area contributed by atoms with Crippen molar-refractivity contribution >= 4 is 40.3 Å². The van der Waals surface area contributed by atoms with Crippen molar-refractivity contribution in [2.45, 2.75) is 57.5 Å². The molecule has 5 aromatic rings. The van der Waals surface area contributed by atoms with Gasteiger partial charge in [-0.3, -0.25) is 19.5 Å². The summed E-state index contributed by atoms with van der Waals surface area (Å²) in [5.41, 5.74) is 6.30. The van der Waals surface area contributed by atoms with E-state index in [9.17, 15) is 25.1 Å². The molecule has 2 fully saturated rings. The number of rotatable bonds is 11. The standard InChI is InChI=1S/C40H39ClN6O7/c1-22-26(6-3-7-27(22)39-46-31-15-23(14-24(17-42)37(31)54-39)18-43-29-11-13-53-21-34(29)48)28-8-4-9-30(36(28)41)45-38(49)32-16-35(52-2)25(19-44-32)20-47-12-5-10-33(47)40(50)51/h3-4,6-9,14-16,19,29,33-34,43,48H,5,10-13,18,20-21H2,1-2H3,(H,45,49)(H,50,51)/t29-,33+,34-/m1/s1. The number of methoxy groups -OCH3 is 1. The first kappa shape index (κ1) is 37.0. The van der Waals surface area contributed by atoms with Crippen LogP contribution in [0.25, 0.3) is 33.7 Å². The topological polar surface area (TPSA) is 183 Å². The molecule has 2 aromatic heterocycles. The van der Waals surface area contributed by atoms with E-state index in [2.05, 4.69) is 21.7 Å². The van der Waals surface area contributed by atoms with Gasteiger partial charge in [0.25, 0.3) is 5.91 Å². The minimum Gasteiger partial charge on any atom is -0.496 e. The number of benzene rings is 3. The molecule has 0 radical (unpaired) electrons. The van der Waals surface area contributed by atoms with Gasteiger partial charge in [0.15, 0.2) is 5.58 Å². The second kappa shape index (κ2) is 15.9. The Hall–Kier alpha value is -5.36. The van der Waals surface area contributed by atoms with Gasteiger partial charge in [0.2, 0.25) is 5.89 Å². The number of carbonyl (C=O) groups is 2. The van der Waals surface area contributed by atoms with E-state index in [-0.39, 0.29) is 18.3 Å². The molecular weight excluding hydrogens is 712 g/mol. The molecule has 13 nitrogen and oxygen atoms in total. The van der Waals surface area contributed by atoms with Crippen LogP contribution in [0.2, 0.25) is 5.02 Å². The number of nitriles is 1. The highest BCUT2D eigenvalue weighted by Crippen LogP contribution is 2.39. The first-order chi connectivity index (χ1) is 26.1. The van der Waals surface area contributed by atoms with E-state index >= 15 is 0 Å². The van der Waals surface area contributed by atoms with E-state index < -0.39 is 24.0 Å². The first-order valence-electron chi connectivity index (χ1n) is 17.7. The highest BCUT2D eigenvalue weighted by molar-refractivity contribution is 6.36. The maximum absolute atomic E-state index is 13.4. The van der Waals surface area contributed by atoms with Crippen LogP contribution < -0.4 is 15.4 Å². The average molecular weight is 751 g/mol. The lowest BCUT2D eigenvalue weighted by atomic mass is 9.96. The Labute approximate surface area is 316 Å². The Morgan fingerprint density at radius 2 is 1.93 bits per heavy atom. The number of oxazole rings is 1. The van der Waals surface area contributed by atoms with Gasteiger partial charge in [0, 0.05) is 54.7 Å². The van der Waals surface area contributed by atoms with E-state index in [0.717, 1.165) is 23.1 Å². The van der Waals surface area contributed by atoms with E-state index in [4.69, 9.17) is 30.5 Å². The molecule has 0 spiro atoms. The fourth-order valence-corrected chi connectivity index (χ4v) is 7.47. The third-order valence-corrected chi connectivity index (χ3v) is 10.5. The lowest BCUT2D eigenvalue weighted by molar-refractivity contribution is -0.142. The number of likely N-dealkylation sites (tertiary alicyclic amines) is 1. The van der Waals surface area contributed by atoms with Crippen LogP contribution in [0.1, 0.15) is 52.0 Å². The maximum atomic E-state index is 13.4. The number of carboxylic acid groups (broad SMARTS) is 1. The van der Waals surface area contributed by atoms with Crippen LogP contribution in [0, 0.1) is 18.3 Å². The minimum absolute atomic E-state index is 0.107. The Balaban J connectivity index is 1.11. The summed E-state index contributed by atoms with van der Waals surface area (Å²) in [6.45, 7) is 4.23. The predicted octanol–water partition coefficient (Wildman–Crippen LogP) is 5.94. The van der Waals surface area contributed by atoms with Crippen LogP contribution in [0.4, 0.5) is 5.69 Å². The number of aliphatic hydroxyl groups is 1. The third-order valence-electron chi connectivity index (χ3n) is 10.1. The molecule has 278 valence electrons. The van der Waals surface area contributed by atoms with E-state index in [1.165, 1.54) is 13.2 Å². The van der Waals surface area contributed by atoms with Crippen LogP contribution in [0.5, 0.6) is 5.75 Å². The molecule has 4 heterocycles.